The van der Waals surface area contributed by atoms with Crippen LogP contribution in [0.3, 0.4) is 0 Å². The first-order valence-corrected chi connectivity index (χ1v) is 11.8. The van der Waals surface area contributed by atoms with Gasteiger partial charge in [0.2, 0.25) is 15.9 Å². The molecule has 1 amide bonds. The number of anilines is 1. The lowest BCUT2D eigenvalue weighted by Crippen LogP contribution is -2.39. The summed E-state index contributed by atoms with van der Waals surface area (Å²) in [5.41, 5.74) is 2.75. The minimum Gasteiger partial charge on any atom is -0.324 e. The van der Waals surface area contributed by atoms with Gasteiger partial charge in [0.1, 0.15) is 5.82 Å². The third-order valence-corrected chi connectivity index (χ3v) is 7.53. The highest BCUT2D eigenvalue weighted by atomic mass is 35.5. The van der Waals surface area contributed by atoms with Crippen molar-refractivity contribution >= 4 is 33.2 Å². The summed E-state index contributed by atoms with van der Waals surface area (Å²) >= 11 is 6.00. The van der Waals surface area contributed by atoms with Crippen LogP contribution < -0.4 is 5.32 Å². The van der Waals surface area contributed by atoms with Gasteiger partial charge < -0.3 is 5.32 Å². The van der Waals surface area contributed by atoms with E-state index in [0.717, 1.165) is 33.1 Å². The number of sulfonamides is 1. The molecule has 168 valence electrons. The fraction of sp³-hybridized carbons (Fsp3) is 0.208. The highest BCUT2D eigenvalue weighted by Gasteiger charge is 2.32. The summed E-state index contributed by atoms with van der Waals surface area (Å²) in [7, 11) is -4.01. The SMILES string of the molecule is Cc1ccc(S(=O)(=O)N(CC(=O)Nc2ccc(F)cc2Cl)[C@@H](C)c2ccccc2)cc1C. The van der Waals surface area contributed by atoms with Gasteiger partial charge in [0.05, 0.1) is 22.2 Å². The lowest BCUT2D eigenvalue weighted by atomic mass is 10.1. The number of rotatable bonds is 7. The molecular weight excluding hydrogens is 451 g/mol. The average Bonchev–Trinajstić information content (AvgIpc) is 2.76. The first-order chi connectivity index (χ1) is 15.1. The maximum Gasteiger partial charge on any atom is 0.244 e. The number of benzene rings is 3. The predicted molar refractivity (Wildman–Crippen MR) is 125 cm³/mol. The molecule has 3 aromatic carbocycles. The van der Waals surface area contributed by atoms with Crippen LogP contribution in [0, 0.1) is 19.7 Å². The fourth-order valence-electron chi connectivity index (χ4n) is 3.26. The monoisotopic (exact) mass is 474 g/mol. The van der Waals surface area contributed by atoms with Crippen molar-refractivity contribution in [3.05, 3.63) is 94.3 Å². The smallest absolute Gasteiger partial charge is 0.244 e. The van der Waals surface area contributed by atoms with Crippen LogP contribution in [0.15, 0.2) is 71.6 Å². The number of amides is 1. The van der Waals surface area contributed by atoms with Gasteiger partial charge >= 0.3 is 0 Å². The van der Waals surface area contributed by atoms with Crippen LogP contribution in [-0.4, -0.2) is 25.2 Å². The molecule has 0 aromatic heterocycles. The molecule has 0 aliphatic carbocycles. The van der Waals surface area contributed by atoms with E-state index in [2.05, 4.69) is 5.32 Å². The summed E-state index contributed by atoms with van der Waals surface area (Å²) in [6, 6.07) is 16.9. The Bertz CT molecular complexity index is 1230. The van der Waals surface area contributed by atoms with E-state index < -0.39 is 34.3 Å². The zero-order valence-corrected chi connectivity index (χ0v) is 19.5. The van der Waals surface area contributed by atoms with Gasteiger partial charge in [-0.15, -0.1) is 0 Å². The topological polar surface area (TPSA) is 66.5 Å². The van der Waals surface area contributed by atoms with Gasteiger partial charge in [0, 0.05) is 6.04 Å². The lowest BCUT2D eigenvalue weighted by Gasteiger charge is -2.28. The van der Waals surface area contributed by atoms with Crippen molar-refractivity contribution in [2.45, 2.75) is 31.7 Å². The molecule has 1 N–H and O–H groups in total. The molecule has 0 fully saturated rings. The molecule has 0 radical (unpaired) electrons. The molecule has 3 aromatic rings. The number of carbonyl (C=O) groups excluding carboxylic acids is 1. The van der Waals surface area contributed by atoms with E-state index in [1.807, 2.05) is 44.2 Å². The fourth-order valence-corrected chi connectivity index (χ4v) is 5.14. The highest BCUT2D eigenvalue weighted by molar-refractivity contribution is 7.89. The third-order valence-electron chi connectivity index (χ3n) is 5.30. The van der Waals surface area contributed by atoms with Crippen molar-refractivity contribution in [3.8, 4) is 0 Å². The quantitative estimate of drug-likeness (QED) is 0.492. The summed E-state index contributed by atoms with van der Waals surface area (Å²) in [5, 5.41) is 2.60. The van der Waals surface area contributed by atoms with Gasteiger partial charge in [-0.3, -0.25) is 4.79 Å². The molecule has 0 saturated heterocycles. The number of nitrogens with one attached hydrogen (secondary N) is 1. The van der Waals surface area contributed by atoms with Gasteiger partial charge in [-0.25, -0.2) is 12.8 Å². The van der Waals surface area contributed by atoms with Crippen molar-refractivity contribution in [2.75, 3.05) is 11.9 Å². The van der Waals surface area contributed by atoms with Gasteiger partial charge in [-0.05, 0) is 67.8 Å². The minimum atomic E-state index is -4.01. The zero-order valence-electron chi connectivity index (χ0n) is 18.0. The standard InChI is InChI=1S/C24H24ClFN2O3S/c1-16-9-11-21(13-17(16)2)32(30,31)28(18(3)19-7-5-4-6-8-19)15-24(29)27-23-12-10-20(26)14-22(23)25/h4-14,18H,15H2,1-3H3,(H,27,29)/t18-/m0/s1. The summed E-state index contributed by atoms with van der Waals surface area (Å²) in [6.45, 7) is 5.02. The summed E-state index contributed by atoms with van der Waals surface area (Å²) < 4.78 is 41.6. The van der Waals surface area contributed by atoms with Crippen molar-refractivity contribution in [2.24, 2.45) is 0 Å². The summed E-state index contributed by atoms with van der Waals surface area (Å²) in [6.07, 6.45) is 0. The first kappa shape index (κ1) is 23.9. The maximum atomic E-state index is 13.6. The van der Waals surface area contributed by atoms with E-state index in [0.29, 0.717) is 0 Å². The molecule has 0 bridgehead atoms. The Hall–Kier alpha value is -2.74. The van der Waals surface area contributed by atoms with E-state index in [9.17, 15) is 17.6 Å². The number of nitrogens with zero attached hydrogens (tertiary/aromatic N) is 1. The molecule has 8 heteroatoms. The minimum absolute atomic E-state index is 0.0259. The molecule has 5 nitrogen and oxygen atoms in total. The van der Waals surface area contributed by atoms with Crippen molar-refractivity contribution < 1.29 is 17.6 Å². The molecule has 3 rings (SSSR count). The van der Waals surface area contributed by atoms with Gasteiger partial charge in [-0.1, -0.05) is 48.0 Å². The first-order valence-electron chi connectivity index (χ1n) is 9.98. The Morgan fingerprint density at radius 2 is 1.72 bits per heavy atom. The average molecular weight is 475 g/mol. The third kappa shape index (κ3) is 5.35. The summed E-state index contributed by atoms with van der Waals surface area (Å²) in [5.74, 6) is -1.13. The van der Waals surface area contributed by atoms with Crippen LogP contribution >= 0.6 is 11.6 Å². The van der Waals surface area contributed by atoms with Crippen LogP contribution in [0.1, 0.15) is 29.7 Å². The van der Waals surface area contributed by atoms with E-state index in [1.54, 1.807) is 19.1 Å². The van der Waals surface area contributed by atoms with E-state index >= 15 is 0 Å². The predicted octanol–water partition coefficient (Wildman–Crippen LogP) is 5.49. The van der Waals surface area contributed by atoms with Crippen molar-refractivity contribution in [1.29, 1.82) is 0 Å². The number of hydrogen-bond acceptors (Lipinski definition) is 3. The molecular formula is C24H24ClFN2O3S. The van der Waals surface area contributed by atoms with Gasteiger partial charge in [0.15, 0.2) is 0 Å². The lowest BCUT2D eigenvalue weighted by molar-refractivity contribution is -0.116. The number of halogens is 2. The highest BCUT2D eigenvalue weighted by Crippen LogP contribution is 2.29. The van der Waals surface area contributed by atoms with Crippen LogP contribution in [-0.2, 0) is 14.8 Å². The van der Waals surface area contributed by atoms with Crippen molar-refractivity contribution in [3.63, 3.8) is 0 Å². The Labute approximate surface area is 192 Å². The number of aryl methyl sites for hydroxylation is 2. The second kappa shape index (κ2) is 9.81. The largest absolute Gasteiger partial charge is 0.324 e. The molecule has 1 atom stereocenters. The van der Waals surface area contributed by atoms with Crippen LogP contribution in [0.4, 0.5) is 10.1 Å². The van der Waals surface area contributed by atoms with E-state index in [1.165, 1.54) is 12.1 Å². The van der Waals surface area contributed by atoms with E-state index in [4.69, 9.17) is 11.6 Å². The van der Waals surface area contributed by atoms with Gasteiger partial charge in [-0.2, -0.15) is 4.31 Å². The Kier molecular flexibility index (Phi) is 7.33. The molecule has 0 aliphatic heterocycles. The molecule has 0 aliphatic rings. The molecule has 0 saturated carbocycles. The van der Waals surface area contributed by atoms with E-state index in [-0.39, 0.29) is 15.6 Å². The Morgan fingerprint density at radius 1 is 1.03 bits per heavy atom. The molecule has 0 unspecified atom stereocenters. The van der Waals surface area contributed by atoms with Crippen molar-refractivity contribution in [1.82, 2.24) is 4.31 Å². The maximum absolute atomic E-state index is 13.6. The Balaban J connectivity index is 1.96. The van der Waals surface area contributed by atoms with Gasteiger partial charge in [0.25, 0.3) is 0 Å². The second-order valence-electron chi connectivity index (χ2n) is 7.56. The number of hydrogen-bond donors (Lipinski definition) is 1. The van der Waals surface area contributed by atoms with Crippen LogP contribution in [0.25, 0.3) is 0 Å². The molecule has 0 heterocycles. The Morgan fingerprint density at radius 3 is 2.34 bits per heavy atom. The second-order valence-corrected chi connectivity index (χ2v) is 9.85. The normalized spacial score (nSPS) is 12.6. The molecule has 32 heavy (non-hydrogen) atoms. The number of carbonyl (C=O) groups is 1. The molecule has 0 spiro atoms. The summed E-state index contributed by atoms with van der Waals surface area (Å²) in [4.78, 5) is 12.9. The van der Waals surface area contributed by atoms with Crippen LogP contribution in [0.5, 0.6) is 0 Å². The zero-order chi connectivity index (χ0) is 23.5. The van der Waals surface area contributed by atoms with Crippen LogP contribution in [0.2, 0.25) is 5.02 Å².